The van der Waals surface area contributed by atoms with E-state index >= 15 is 0 Å². The van der Waals surface area contributed by atoms with E-state index in [1.165, 1.54) is 0 Å². The Morgan fingerprint density at radius 1 is 1.00 bits per heavy atom. The lowest BCUT2D eigenvalue weighted by molar-refractivity contribution is 0.284. The van der Waals surface area contributed by atoms with Gasteiger partial charge in [-0.05, 0) is 58.8 Å². The van der Waals surface area contributed by atoms with Crippen molar-refractivity contribution in [2.75, 3.05) is 19.4 Å². The Labute approximate surface area is 212 Å². The fraction of sp³-hybridized carbons (Fsp3) is 0.240. The minimum Gasteiger partial charge on any atom is -0.493 e. The van der Waals surface area contributed by atoms with E-state index in [1.54, 1.807) is 23.6 Å². The molecule has 0 amide bonds. The number of halogens is 1. The van der Waals surface area contributed by atoms with Gasteiger partial charge in [-0.1, -0.05) is 76.2 Å². The van der Waals surface area contributed by atoms with Crippen molar-refractivity contribution in [3.8, 4) is 17.2 Å². The van der Waals surface area contributed by atoms with Crippen LogP contribution < -0.4 is 14.8 Å². The normalized spacial score (nSPS) is 10.9. The summed E-state index contributed by atoms with van der Waals surface area (Å²) in [6.07, 6.45) is 0.985. The molecule has 0 bridgehead atoms. The highest BCUT2D eigenvalue weighted by Crippen LogP contribution is 2.34. The van der Waals surface area contributed by atoms with Crippen LogP contribution in [0.4, 0.5) is 0 Å². The number of nitrogens with one attached hydrogen (secondary N) is 1. The third-order valence-corrected chi connectivity index (χ3v) is 6.80. The molecule has 0 fully saturated rings. The van der Waals surface area contributed by atoms with E-state index < -0.39 is 0 Å². The molecule has 0 atom stereocenters. The minimum atomic E-state index is 0.493. The van der Waals surface area contributed by atoms with Gasteiger partial charge in [-0.3, -0.25) is 0 Å². The molecule has 9 heteroatoms. The van der Waals surface area contributed by atoms with E-state index in [4.69, 9.17) is 9.47 Å². The summed E-state index contributed by atoms with van der Waals surface area (Å²) in [5, 5.41) is 16.4. The summed E-state index contributed by atoms with van der Waals surface area (Å²) < 4.78 is 14.3. The number of para-hydroxylation sites is 1. The van der Waals surface area contributed by atoms with Gasteiger partial charge in [-0.2, -0.15) is 4.68 Å². The number of aromatic nitrogens is 4. The maximum atomic E-state index is 5.99. The quantitative estimate of drug-likeness (QED) is 0.194. The van der Waals surface area contributed by atoms with Crippen LogP contribution in [0.2, 0.25) is 0 Å². The first-order valence-electron chi connectivity index (χ1n) is 10.9. The molecule has 0 saturated heterocycles. The van der Waals surface area contributed by atoms with E-state index in [9.17, 15) is 0 Å². The Bertz CT molecular complexity index is 1170. The van der Waals surface area contributed by atoms with Crippen LogP contribution in [0, 0.1) is 0 Å². The largest absolute Gasteiger partial charge is 0.493 e. The van der Waals surface area contributed by atoms with Crippen molar-refractivity contribution in [2.45, 2.75) is 24.7 Å². The maximum Gasteiger partial charge on any atom is 0.214 e. The van der Waals surface area contributed by atoms with Crippen LogP contribution in [0.15, 0.2) is 82.4 Å². The predicted molar refractivity (Wildman–Crippen MR) is 138 cm³/mol. The first-order chi connectivity index (χ1) is 16.7. The fourth-order valence-corrected chi connectivity index (χ4v) is 4.60. The summed E-state index contributed by atoms with van der Waals surface area (Å²) in [5.41, 5.74) is 3.19. The lowest BCUT2D eigenvalue weighted by Gasteiger charge is -2.14. The second-order valence-corrected chi connectivity index (χ2v) is 9.37. The van der Waals surface area contributed by atoms with E-state index in [1.807, 2.05) is 72.8 Å². The van der Waals surface area contributed by atoms with Gasteiger partial charge in [-0.15, -0.1) is 5.10 Å². The van der Waals surface area contributed by atoms with Crippen LogP contribution in [-0.4, -0.2) is 39.6 Å². The van der Waals surface area contributed by atoms with Crippen LogP contribution in [0.25, 0.3) is 5.69 Å². The molecular formula is C25H26BrN5O2S. The Morgan fingerprint density at radius 3 is 2.53 bits per heavy atom. The van der Waals surface area contributed by atoms with Crippen molar-refractivity contribution in [1.82, 2.24) is 25.5 Å². The third-order valence-electron chi connectivity index (χ3n) is 5.06. The molecule has 1 N–H and O–H groups in total. The van der Waals surface area contributed by atoms with Crippen LogP contribution in [0.3, 0.4) is 0 Å². The van der Waals surface area contributed by atoms with Crippen molar-refractivity contribution in [2.24, 2.45) is 0 Å². The monoisotopic (exact) mass is 539 g/mol. The lowest BCUT2D eigenvalue weighted by Crippen LogP contribution is -2.16. The molecule has 0 aliphatic rings. The molecule has 4 aromatic rings. The van der Waals surface area contributed by atoms with Gasteiger partial charge >= 0.3 is 0 Å². The number of ether oxygens (including phenoxy) is 2. The smallest absolute Gasteiger partial charge is 0.214 e. The second-order valence-electron chi connectivity index (χ2n) is 7.46. The van der Waals surface area contributed by atoms with Crippen molar-refractivity contribution in [3.05, 3.63) is 88.4 Å². The first-order valence-corrected chi connectivity index (χ1v) is 12.7. The Morgan fingerprint density at radius 2 is 1.76 bits per heavy atom. The van der Waals surface area contributed by atoms with Gasteiger partial charge < -0.3 is 14.8 Å². The lowest BCUT2D eigenvalue weighted by atomic mass is 10.2. The van der Waals surface area contributed by atoms with Gasteiger partial charge in [0, 0.05) is 16.8 Å². The van der Waals surface area contributed by atoms with E-state index in [0.29, 0.717) is 6.61 Å². The first kappa shape index (κ1) is 24.3. The molecule has 1 aromatic heterocycles. The molecule has 176 valence electrons. The van der Waals surface area contributed by atoms with Crippen LogP contribution in [-0.2, 0) is 13.2 Å². The van der Waals surface area contributed by atoms with Crippen molar-refractivity contribution >= 4 is 27.7 Å². The Kier molecular flexibility index (Phi) is 8.95. The molecule has 1 heterocycles. The molecule has 0 aliphatic carbocycles. The molecule has 0 saturated carbocycles. The number of hydrogen-bond acceptors (Lipinski definition) is 7. The Hall–Kier alpha value is -2.88. The third kappa shape index (κ3) is 6.59. The zero-order valence-electron chi connectivity index (χ0n) is 18.9. The summed E-state index contributed by atoms with van der Waals surface area (Å²) in [7, 11) is 1.66. The number of thioether (sulfide) groups is 1. The van der Waals surface area contributed by atoms with Crippen LogP contribution in [0.1, 0.15) is 17.5 Å². The van der Waals surface area contributed by atoms with Crippen LogP contribution in [0.5, 0.6) is 11.5 Å². The molecule has 3 aromatic carbocycles. The zero-order valence-corrected chi connectivity index (χ0v) is 21.3. The summed E-state index contributed by atoms with van der Waals surface area (Å²) in [6.45, 7) is 2.09. The molecule has 0 aliphatic heterocycles. The van der Waals surface area contributed by atoms with Crippen LogP contribution >= 0.6 is 27.7 Å². The molecule has 0 radical (unpaired) electrons. The number of hydrogen-bond donors (Lipinski definition) is 1. The average Bonchev–Trinajstić information content (AvgIpc) is 3.35. The zero-order chi connectivity index (χ0) is 23.6. The molecule has 4 rings (SSSR count). The fourth-order valence-electron chi connectivity index (χ4n) is 3.30. The SMILES string of the molecule is COc1cc(CNCCCSc2nnnn2-c2ccccc2)c(Br)cc1OCc1ccccc1. The number of rotatable bonds is 12. The van der Waals surface area contributed by atoms with Gasteiger partial charge in [0.1, 0.15) is 6.61 Å². The van der Waals surface area contributed by atoms with Gasteiger partial charge in [0.15, 0.2) is 11.5 Å². The number of benzene rings is 3. The summed E-state index contributed by atoms with van der Waals surface area (Å²) in [6, 6.07) is 24.0. The van der Waals surface area contributed by atoms with Gasteiger partial charge in [0.25, 0.3) is 0 Å². The highest BCUT2D eigenvalue weighted by molar-refractivity contribution is 9.10. The molecule has 0 unspecified atom stereocenters. The molecular weight excluding hydrogens is 514 g/mol. The van der Waals surface area contributed by atoms with Crippen molar-refractivity contribution < 1.29 is 9.47 Å². The second kappa shape index (κ2) is 12.5. The number of tetrazole rings is 1. The topological polar surface area (TPSA) is 74.1 Å². The maximum absolute atomic E-state index is 5.99. The molecule has 0 spiro atoms. The number of methoxy groups -OCH3 is 1. The highest BCUT2D eigenvalue weighted by atomic mass is 79.9. The van der Waals surface area contributed by atoms with Crippen molar-refractivity contribution in [1.29, 1.82) is 0 Å². The standard InChI is InChI=1S/C25H26BrN5O2S/c1-32-23-15-20(22(26)16-24(23)33-18-19-9-4-2-5-10-19)17-27-13-8-14-34-25-28-29-30-31(25)21-11-6-3-7-12-21/h2-7,9-12,15-16,27H,8,13-14,17-18H2,1H3. The summed E-state index contributed by atoms with van der Waals surface area (Å²) in [5.74, 6) is 2.35. The van der Waals surface area contributed by atoms with Gasteiger partial charge in [-0.25, -0.2) is 0 Å². The van der Waals surface area contributed by atoms with Gasteiger partial charge in [0.05, 0.1) is 12.8 Å². The van der Waals surface area contributed by atoms with Crippen molar-refractivity contribution in [3.63, 3.8) is 0 Å². The average molecular weight is 540 g/mol. The predicted octanol–water partition coefficient (Wildman–Crippen LogP) is 5.28. The van der Waals surface area contributed by atoms with E-state index in [2.05, 4.69) is 36.8 Å². The minimum absolute atomic E-state index is 0.493. The highest BCUT2D eigenvalue weighted by Gasteiger charge is 2.11. The summed E-state index contributed by atoms with van der Waals surface area (Å²) in [4.78, 5) is 0. The summed E-state index contributed by atoms with van der Waals surface area (Å²) >= 11 is 5.32. The number of nitrogens with zero attached hydrogens (tertiary/aromatic N) is 4. The van der Waals surface area contributed by atoms with E-state index in [-0.39, 0.29) is 0 Å². The molecule has 7 nitrogen and oxygen atoms in total. The van der Waals surface area contributed by atoms with Gasteiger partial charge in [0.2, 0.25) is 5.16 Å². The van der Waals surface area contributed by atoms with E-state index in [0.717, 1.165) is 63.2 Å². The Balaban J connectivity index is 1.24. The molecule has 34 heavy (non-hydrogen) atoms.